The minimum Gasteiger partial charge on any atom is -0.468 e. The van der Waals surface area contributed by atoms with Gasteiger partial charge in [0.05, 0.1) is 6.26 Å². The quantitative estimate of drug-likeness (QED) is 0.457. The Kier molecular flexibility index (Phi) is 3.99. The van der Waals surface area contributed by atoms with Gasteiger partial charge in [-0.05, 0) is 43.7 Å². The number of ether oxygens (including phenoxy) is 1. The molecule has 0 fully saturated rings. The SMILES string of the molecule is CC(C)=CC(=O)O[C@H]1CC=C2Cc3occ(C)c3C[C@]2(C)[C@H]1C. The van der Waals surface area contributed by atoms with E-state index in [0.29, 0.717) is 5.92 Å². The van der Waals surface area contributed by atoms with Crippen molar-refractivity contribution in [2.24, 2.45) is 11.3 Å². The Morgan fingerprint density at radius 2 is 2.17 bits per heavy atom. The van der Waals surface area contributed by atoms with E-state index in [1.807, 2.05) is 20.1 Å². The van der Waals surface area contributed by atoms with Crippen LogP contribution >= 0.6 is 0 Å². The molecule has 23 heavy (non-hydrogen) atoms. The van der Waals surface area contributed by atoms with E-state index in [9.17, 15) is 4.79 Å². The van der Waals surface area contributed by atoms with E-state index >= 15 is 0 Å². The lowest BCUT2D eigenvalue weighted by atomic mass is 9.59. The van der Waals surface area contributed by atoms with Crippen LogP contribution < -0.4 is 0 Å². The molecule has 2 aliphatic rings. The lowest BCUT2D eigenvalue weighted by Gasteiger charge is -2.46. The topological polar surface area (TPSA) is 39.4 Å². The molecule has 0 unspecified atom stereocenters. The van der Waals surface area contributed by atoms with Crippen LogP contribution in [-0.2, 0) is 22.4 Å². The van der Waals surface area contributed by atoms with Gasteiger partial charge in [0.15, 0.2) is 0 Å². The highest BCUT2D eigenvalue weighted by molar-refractivity contribution is 5.82. The second kappa shape index (κ2) is 5.70. The first-order valence-electron chi connectivity index (χ1n) is 8.42. The van der Waals surface area contributed by atoms with Gasteiger partial charge in [0.2, 0.25) is 0 Å². The van der Waals surface area contributed by atoms with Gasteiger partial charge >= 0.3 is 5.97 Å². The molecular formula is C20H26O3. The highest BCUT2D eigenvalue weighted by Crippen LogP contribution is 2.50. The molecule has 3 rings (SSSR count). The van der Waals surface area contributed by atoms with Crippen molar-refractivity contribution in [2.45, 2.75) is 60.0 Å². The van der Waals surface area contributed by atoms with E-state index in [4.69, 9.17) is 9.15 Å². The highest BCUT2D eigenvalue weighted by atomic mass is 16.5. The predicted molar refractivity (Wildman–Crippen MR) is 90.1 cm³/mol. The smallest absolute Gasteiger partial charge is 0.330 e. The Balaban J connectivity index is 1.85. The Morgan fingerprint density at radius 3 is 2.87 bits per heavy atom. The van der Waals surface area contributed by atoms with E-state index in [0.717, 1.165) is 30.6 Å². The van der Waals surface area contributed by atoms with E-state index < -0.39 is 0 Å². The minimum absolute atomic E-state index is 0.0375. The number of furan rings is 1. The van der Waals surface area contributed by atoms with Crippen molar-refractivity contribution in [1.29, 1.82) is 0 Å². The molecule has 0 aliphatic heterocycles. The van der Waals surface area contributed by atoms with Crippen LogP contribution in [0.2, 0.25) is 0 Å². The summed E-state index contributed by atoms with van der Waals surface area (Å²) in [5, 5.41) is 0. The summed E-state index contributed by atoms with van der Waals surface area (Å²) in [6, 6.07) is 0. The first-order valence-corrected chi connectivity index (χ1v) is 8.42. The Morgan fingerprint density at radius 1 is 1.43 bits per heavy atom. The maximum atomic E-state index is 12.0. The number of rotatable bonds is 2. The summed E-state index contributed by atoms with van der Waals surface area (Å²) in [6.07, 6.45) is 8.30. The lowest BCUT2D eigenvalue weighted by molar-refractivity contribution is -0.148. The summed E-state index contributed by atoms with van der Waals surface area (Å²) in [6.45, 7) is 10.5. The fraction of sp³-hybridized carbons (Fsp3) is 0.550. The predicted octanol–water partition coefficient (Wildman–Crippen LogP) is 4.54. The molecular weight excluding hydrogens is 288 g/mol. The van der Waals surface area contributed by atoms with Gasteiger partial charge in [-0.1, -0.05) is 31.1 Å². The number of hydrogen-bond acceptors (Lipinski definition) is 3. The van der Waals surface area contributed by atoms with Gasteiger partial charge in [0, 0.05) is 24.8 Å². The standard InChI is InChI=1S/C20H26O3/c1-12(2)8-19(21)23-17-7-6-15-9-18-16(13(3)11-22-18)10-20(15,5)14(17)4/h6,8,11,14,17H,7,9-10H2,1-5H3/t14-,17-,20+/m0/s1. The third-order valence-electron chi connectivity index (χ3n) is 5.65. The van der Waals surface area contributed by atoms with Gasteiger partial charge in [-0.3, -0.25) is 0 Å². The zero-order valence-corrected chi connectivity index (χ0v) is 14.7. The number of hydrogen-bond donors (Lipinski definition) is 0. The van der Waals surface area contributed by atoms with Crippen LogP contribution in [0.1, 0.15) is 51.0 Å². The number of allylic oxidation sites excluding steroid dienone is 2. The molecule has 0 saturated carbocycles. The summed E-state index contributed by atoms with van der Waals surface area (Å²) in [4.78, 5) is 12.0. The molecule has 1 aromatic heterocycles. The average Bonchev–Trinajstić information content (AvgIpc) is 2.81. The fourth-order valence-corrected chi connectivity index (χ4v) is 3.96. The van der Waals surface area contributed by atoms with Crippen molar-refractivity contribution in [3.8, 4) is 0 Å². The molecule has 124 valence electrons. The molecule has 3 nitrogen and oxygen atoms in total. The van der Waals surface area contributed by atoms with Gasteiger partial charge in [0.1, 0.15) is 11.9 Å². The second-order valence-electron chi connectivity index (χ2n) is 7.54. The highest BCUT2D eigenvalue weighted by Gasteiger charge is 2.46. The molecule has 0 amide bonds. The second-order valence-corrected chi connectivity index (χ2v) is 7.54. The number of aryl methyl sites for hydroxylation is 1. The van der Waals surface area contributed by atoms with E-state index in [1.54, 1.807) is 6.08 Å². The van der Waals surface area contributed by atoms with Crippen LogP contribution in [0.25, 0.3) is 0 Å². The summed E-state index contributed by atoms with van der Waals surface area (Å²) in [7, 11) is 0. The van der Waals surface area contributed by atoms with Crippen LogP contribution in [0.4, 0.5) is 0 Å². The molecule has 0 N–H and O–H groups in total. The zero-order chi connectivity index (χ0) is 16.8. The number of carbonyl (C=O) groups excluding carboxylic acids is 1. The van der Waals surface area contributed by atoms with Crippen molar-refractivity contribution in [3.63, 3.8) is 0 Å². The Labute approximate surface area is 138 Å². The van der Waals surface area contributed by atoms with Crippen LogP contribution in [0.3, 0.4) is 0 Å². The Bertz CT molecular complexity index is 688. The molecule has 3 heteroatoms. The molecule has 0 aromatic carbocycles. The molecule has 0 radical (unpaired) electrons. The summed E-state index contributed by atoms with van der Waals surface area (Å²) in [5.74, 6) is 1.18. The normalized spacial score (nSPS) is 29.2. The van der Waals surface area contributed by atoms with Crippen LogP contribution in [0.15, 0.2) is 34.0 Å². The summed E-state index contributed by atoms with van der Waals surface area (Å²) in [5.41, 5.74) is 5.01. The van der Waals surface area contributed by atoms with Crippen molar-refractivity contribution in [3.05, 3.63) is 46.4 Å². The number of esters is 1. The van der Waals surface area contributed by atoms with Crippen LogP contribution in [0, 0.1) is 18.3 Å². The van der Waals surface area contributed by atoms with Gasteiger partial charge in [-0.2, -0.15) is 0 Å². The molecule has 0 bridgehead atoms. The minimum atomic E-state index is -0.224. The van der Waals surface area contributed by atoms with Crippen molar-refractivity contribution in [1.82, 2.24) is 0 Å². The summed E-state index contributed by atoms with van der Waals surface area (Å²) < 4.78 is 11.5. The molecule has 2 aliphatic carbocycles. The maximum absolute atomic E-state index is 12.0. The maximum Gasteiger partial charge on any atom is 0.330 e. The third kappa shape index (κ3) is 2.77. The zero-order valence-electron chi connectivity index (χ0n) is 14.7. The van der Waals surface area contributed by atoms with E-state index in [1.165, 1.54) is 16.7 Å². The van der Waals surface area contributed by atoms with Gasteiger partial charge < -0.3 is 9.15 Å². The number of fused-ring (bicyclic) bond motifs is 2. The molecule has 0 spiro atoms. The lowest BCUT2D eigenvalue weighted by Crippen LogP contribution is -2.44. The number of carbonyl (C=O) groups is 1. The van der Waals surface area contributed by atoms with E-state index in [-0.39, 0.29) is 17.5 Å². The van der Waals surface area contributed by atoms with Crippen LogP contribution in [0.5, 0.6) is 0 Å². The molecule has 0 saturated heterocycles. The fourth-order valence-electron chi connectivity index (χ4n) is 3.96. The monoisotopic (exact) mass is 314 g/mol. The van der Waals surface area contributed by atoms with Gasteiger partial charge in [-0.15, -0.1) is 0 Å². The average molecular weight is 314 g/mol. The molecule has 3 atom stereocenters. The van der Waals surface area contributed by atoms with Crippen molar-refractivity contribution < 1.29 is 13.9 Å². The first kappa shape index (κ1) is 16.1. The molecule has 1 aromatic rings. The summed E-state index contributed by atoms with van der Waals surface area (Å²) >= 11 is 0. The largest absolute Gasteiger partial charge is 0.468 e. The van der Waals surface area contributed by atoms with Crippen molar-refractivity contribution in [2.75, 3.05) is 0 Å². The van der Waals surface area contributed by atoms with Crippen LogP contribution in [-0.4, -0.2) is 12.1 Å². The third-order valence-corrected chi connectivity index (χ3v) is 5.65. The van der Waals surface area contributed by atoms with Crippen molar-refractivity contribution >= 4 is 5.97 Å². The first-order chi connectivity index (χ1) is 10.8. The Hall–Kier alpha value is -1.77. The van der Waals surface area contributed by atoms with Gasteiger partial charge in [-0.25, -0.2) is 4.79 Å². The molecule has 1 heterocycles. The van der Waals surface area contributed by atoms with Gasteiger partial charge in [0.25, 0.3) is 0 Å². The van der Waals surface area contributed by atoms with E-state index in [2.05, 4.69) is 26.8 Å².